The lowest BCUT2D eigenvalue weighted by Gasteiger charge is -2.31. The van der Waals surface area contributed by atoms with Crippen LogP contribution < -0.4 is 5.32 Å². The van der Waals surface area contributed by atoms with Gasteiger partial charge in [-0.1, -0.05) is 81.4 Å². The lowest BCUT2D eigenvalue weighted by molar-refractivity contribution is -0.535. The molecular weight excluding hydrogens is 356 g/mol. The highest BCUT2D eigenvalue weighted by molar-refractivity contribution is 5.77. The van der Waals surface area contributed by atoms with Crippen LogP contribution in [0.2, 0.25) is 0 Å². The molecule has 0 bridgehead atoms. The first-order valence-electron chi connectivity index (χ1n) is 9.44. The quantitative estimate of drug-likeness (QED) is 0.484. The molecule has 1 aliphatic heterocycles. The number of nitrogens with one attached hydrogen (secondary N) is 1. The van der Waals surface area contributed by atoms with Crippen LogP contribution in [0.4, 0.5) is 0 Å². The topological polar surface area (TPSA) is 81.5 Å². The Balaban J connectivity index is 1.87. The predicted octanol–water partition coefficient (Wildman–Crippen LogP) is 3.75. The van der Waals surface area contributed by atoms with Crippen molar-refractivity contribution in [2.75, 3.05) is 0 Å². The third kappa shape index (κ3) is 4.22. The Kier molecular flexibility index (Phi) is 5.79. The van der Waals surface area contributed by atoms with Crippen molar-refractivity contribution < 1.29 is 14.5 Å². The molecule has 6 heteroatoms. The zero-order valence-corrected chi connectivity index (χ0v) is 16.4. The molecule has 1 N–H and O–H groups in total. The van der Waals surface area contributed by atoms with Crippen molar-refractivity contribution in [3.63, 3.8) is 0 Å². The maximum absolute atomic E-state index is 12.9. The number of carbonyl (C=O) groups excluding carboxylic acids is 1. The third-order valence-corrected chi connectivity index (χ3v) is 5.31. The van der Waals surface area contributed by atoms with Crippen molar-refractivity contribution in [3.8, 4) is 0 Å². The lowest BCUT2D eigenvalue weighted by atomic mass is 9.73. The molecule has 2 aromatic rings. The van der Waals surface area contributed by atoms with Gasteiger partial charge in [0.1, 0.15) is 18.7 Å². The molecular formula is C22H26N2O4. The average molecular weight is 382 g/mol. The van der Waals surface area contributed by atoms with Crippen molar-refractivity contribution in [1.29, 1.82) is 0 Å². The summed E-state index contributed by atoms with van der Waals surface area (Å²) in [6.45, 7) is 5.94. The van der Waals surface area contributed by atoms with Crippen molar-refractivity contribution in [2.24, 2.45) is 11.3 Å². The molecule has 0 aliphatic carbocycles. The van der Waals surface area contributed by atoms with E-state index in [1.165, 1.54) is 0 Å². The van der Waals surface area contributed by atoms with Crippen LogP contribution in [0.15, 0.2) is 60.7 Å². The van der Waals surface area contributed by atoms with Crippen LogP contribution in [0, 0.1) is 21.4 Å². The fourth-order valence-corrected chi connectivity index (χ4v) is 4.05. The summed E-state index contributed by atoms with van der Waals surface area (Å²) in [5.74, 6) is -0.954. The molecule has 2 aromatic carbocycles. The van der Waals surface area contributed by atoms with Gasteiger partial charge in [0.2, 0.25) is 6.04 Å². The van der Waals surface area contributed by atoms with Gasteiger partial charge in [-0.15, -0.1) is 0 Å². The molecule has 1 aliphatic rings. The summed E-state index contributed by atoms with van der Waals surface area (Å²) in [5.41, 5.74) is 1.23. The Labute approximate surface area is 165 Å². The highest BCUT2D eigenvalue weighted by atomic mass is 16.6. The van der Waals surface area contributed by atoms with Gasteiger partial charge in [0.05, 0.1) is 5.92 Å². The minimum Gasteiger partial charge on any atom is -0.460 e. The summed E-state index contributed by atoms with van der Waals surface area (Å²) in [7, 11) is 0. The number of rotatable bonds is 5. The van der Waals surface area contributed by atoms with Gasteiger partial charge in [0, 0.05) is 4.92 Å². The van der Waals surface area contributed by atoms with E-state index in [2.05, 4.69) is 5.32 Å². The number of nitro groups is 1. The van der Waals surface area contributed by atoms with Crippen LogP contribution in [0.25, 0.3) is 0 Å². The molecule has 0 saturated carbocycles. The number of ether oxygens (including phenoxy) is 1. The van der Waals surface area contributed by atoms with E-state index < -0.39 is 35.4 Å². The maximum Gasteiger partial charge on any atom is 0.324 e. The predicted molar refractivity (Wildman–Crippen MR) is 106 cm³/mol. The van der Waals surface area contributed by atoms with Gasteiger partial charge in [-0.2, -0.15) is 0 Å². The summed E-state index contributed by atoms with van der Waals surface area (Å²) in [6.07, 6.45) is 0. The first kappa shape index (κ1) is 20.0. The smallest absolute Gasteiger partial charge is 0.324 e. The van der Waals surface area contributed by atoms with Gasteiger partial charge >= 0.3 is 5.97 Å². The molecule has 1 fully saturated rings. The molecule has 1 heterocycles. The second-order valence-corrected chi connectivity index (χ2v) is 8.29. The van der Waals surface area contributed by atoms with E-state index in [4.69, 9.17) is 4.74 Å². The summed E-state index contributed by atoms with van der Waals surface area (Å²) < 4.78 is 5.53. The summed E-state index contributed by atoms with van der Waals surface area (Å²) in [4.78, 5) is 24.7. The Morgan fingerprint density at radius 2 is 1.64 bits per heavy atom. The van der Waals surface area contributed by atoms with Crippen LogP contribution in [0.1, 0.15) is 37.9 Å². The third-order valence-electron chi connectivity index (χ3n) is 5.31. The van der Waals surface area contributed by atoms with Crippen LogP contribution in [0.5, 0.6) is 0 Å². The van der Waals surface area contributed by atoms with E-state index in [1.54, 1.807) is 0 Å². The van der Waals surface area contributed by atoms with E-state index in [0.29, 0.717) is 0 Å². The molecule has 6 nitrogen and oxygen atoms in total. The molecule has 4 atom stereocenters. The van der Waals surface area contributed by atoms with Crippen molar-refractivity contribution in [1.82, 2.24) is 5.32 Å². The van der Waals surface area contributed by atoms with Crippen molar-refractivity contribution >= 4 is 5.97 Å². The molecule has 0 aromatic heterocycles. The number of benzene rings is 2. The van der Waals surface area contributed by atoms with Crippen molar-refractivity contribution in [3.05, 3.63) is 81.9 Å². The number of nitrogens with zero attached hydrogens (tertiary/aromatic N) is 1. The van der Waals surface area contributed by atoms with E-state index in [-0.39, 0.29) is 11.5 Å². The molecule has 0 radical (unpaired) electrons. The van der Waals surface area contributed by atoms with Gasteiger partial charge in [0.25, 0.3) is 0 Å². The van der Waals surface area contributed by atoms with Gasteiger partial charge in [0.15, 0.2) is 0 Å². The molecule has 0 amide bonds. The molecule has 3 rings (SSSR count). The van der Waals surface area contributed by atoms with Gasteiger partial charge in [-0.3, -0.25) is 20.2 Å². The Bertz CT molecular complexity index is 817. The van der Waals surface area contributed by atoms with Crippen LogP contribution >= 0.6 is 0 Å². The Morgan fingerprint density at radius 1 is 1.07 bits per heavy atom. The van der Waals surface area contributed by atoms with E-state index >= 15 is 0 Å². The van der Waals surface area contributed by atoms with Gasteiger partial charge in [-0.05, 0) is 16.5 Å². The van der Waals surface area contributed by atoms with Gasteiger partial charge < -0.3 is 4.74 Å². The average Bonchev–Trinajstić information content (AvgIpc) is 3.09. The minimum atomic E-state index is -0.920. The lowest BCUT2D eigenvalue weighted by Crippen LogP contribution is -2.45. The van der Waals surface area contributed by atoms with Crippen LogP contribution in [-0.2, 0) is 16.1 Å². The zero-order chi connectivity index (χ0) is 20.3. The highest BCUT2D eigenvalue weighted by Gasteiger charge is 2.58. The Hall–Kier alpha value is -2.73. The molecule has 148 valence electrons. The number of esters is 1. The second-order valence-electron chi connectivity index (χ2n) is 8.29. The fourth-order valence-electron chi connectivity index (χ4n) is 4.05. The number of carbonyl (C=O) groups is 1. The summed E-state index contributed by atoms with van der Waals surface area (Å²) in [6, 6.07) is 16.5. The molecule has 28 heavy (non-hydrogen) atoms. The van der Waals surface area contributed by atoms with Gasteiger partial charge in [-0.25, -0.2) is 0 Å². The second kappa shape index (κ2) is 8.10. The maximum atomic E-state index is 12.9. The van der Waals surface area contributed by atoms with E-state index in [1.807, 2.05) is 81.4 Å². The molecule has 0 unspecified atom stereocenters. The normalized spacial score (nSPS) is 24.7. The minimum absolute atomic E-state index is 0.147. The highest BCUT2D eigenvalue weighted by Crippen LogP contribution is 2.43. The number of hydrogen-bond donors (Lipinski definition) is 1. The largest absolute Gasteiger partial charge is 0.460 e. The summed E-state index contributed by atoms with van der Waals surface area (Å²) in [5, 5.41) is 15.2. The number of hydrogen-bond acceptors (Lipinski definition) is 5. The first-order chi connectivity index (χ1) is 13.3. The molecule has 1 saturated heterocycles. The SMILES string of the molecule is CC(C)(C)[C@@H]1[C@@H]([N+](=O)[O-])[C@@H](c2ccccc2)N[C@H]1C(=O)OCc1ccccc1. The zero-order valence-electron chi connectivity index (χ0n) is 16.4. The first-order valence-corrected chi connectivity index (χ1v) is 9.44. The van der Waals surface area contributed by atoms with Crippen LogP contribution in [0.3, 0.4) is 0 Å². The standard InChI is InChI=1S/C22H26N2O4/c1-22(2,3)17-19(21(25)28-14-15-10-6-4-7-11-15)23-18(20(17)24(26)27)16-12-8-5-9-13-16/h4-13,17-20,23H,14H2,1-3H3/t17-,18+,19+,20+/m0/s1. The fraction of sp³-hybridized carbons (Fsp3) is 0.409. The van der Waals surface area contributed by atoms with Crippen molar-refractivity contribution in [2.45, 2.75) is 45.5 Å². The van der Waals surface area contributed by atoms with E-state index in [0.717, 1.165) is 11.1 Å². The monoisotopic (exact) mass is 382 g/mol. The van der Waals surface area contributed by atoms with E-state index in [9.17, 15) is 14.9 Å². The van der Waals surface area contributed by atoms with Crippen LogP contribution in [-0.4, -0.2) is 23.0 Å². The Morgan fingerprint density at radius 3 is 2.18 bits per heavy atom. The molecule has 0 spiro atoms. The summed E-state index contributed by atoms with van der Waals surface area (Å²) >= 11 is 0.